The van der Waals surface area contributed by atoms with Gasteiger partial charge >= 0.3 is 7.60 Å². The molecule has 2 aromatic rings. The van der Waals surface area contributed by atoms with Crippen LogP contribution in [0, 0.1) is 0 Å². The summed E-state index contributed by atoms with van der Waals surface area (Å²) in [5.41, 5.74) is 4.90. The van der Waals surface area contributed by atoms with Crippen molar-refractivity contribution in [2.24, 2.45) is 0 Å². The maximum atomic E-state index is 12.4. The third-order valence-corrected chi connectivity index (χ3v) is 7.57. The van der Waals surface area contributed by atoms with E-state index in [0.717, 1.165) is 0 Å². The molecular formula is C17H27ClN5O7P. The number of aliphatic hydroxyl groups is 3. The minimum absolute atomic E-state index is 0.0241. The second kappa shape index (κ2) is 8.87. The maximum Gasteiger partial charge on any atom is 0.356 e. The van der Waals surface area contributed by atoms with E-state index in [0.29, 0.717) is 0 Å². The number of hydrogen-bond acceptors (Lipinski definition) is 10. The van der Waals surface area contributed by atoms with Gasteiger partial charge in [-0.1, -0.05) is 25.4 Å². The summed E-state index contributed by atoms with van der Waals surface area (Å²) in [6.07, 6.45) is -3.07. The Kier molecular flexibility index (Phi) is 6.95. The molecule has 0 bridgehead atoms. The average Bonchev–Trinajstić information content (AvgIpc) is 3.23. The van der Waals surface area contributed by atoms with Crippen molar-refractivity contribution in [1.29, 1.82) is 0 Å². The summed E-state index contributed by atoms with van der Waals surface area (Å²) in [5.74, 6) is -1.62. The van der Waals surface area contributed by atoms with Gasteiger partial charge in [-0.25, -0.2) is 4.98 Å². The molecule has 3 heterocycles. The van der Waals surface area contributed by atoms with Crippen LogP contribution in [0.1, 0.15) is 46.3 Å². The molecule has 2 aromatic heterocycles. The van der Waals surface area contributed by atoms with E-state index in [4.69, 9.17) is 26.6 Å². The summed E-state index contributed by atoms with van der Waals surface area (Å²) < 4.78 is 25.1. The normalized spacial score (nSPS) is 29.0. The number of aliphatic hydroxyl groups excluding tert-OH is 3. The number of nitrogens with zero attached hydrogens (tertiary/aromatic N) is 4. The number of halogens is 1. The minimum atomic E-state index is -4.33. The average molecular weight is 480 g/mol. The monoisotopic (exact) mass is 479 g/mol. The first kappa shape index (κ1) is 24.3. The Balaban J connectivity index is 1.84. The van der Waals surface area contributed by atoms with Gasteiger partial charge in [0.1, 0.15) is 17.7 Å². The molecule has 1 fully saturated rings. The molecule has 1 saturated heterocycles. The molecule has 31 heavy (non-hydrogen) atoms. The fraction of sp³-hybridized carbons (Fsp3) is 0.706. The highest BCUT2D eigenvalue weighted by Gasteiger charge is 2.48. The van der Waals surface area contributed by atoms with E-state index in [9.17, 15) is 24.8 Å². The SMILES string of the molecule is CCC(O)P(=O)(O)OC(C)(CC)C[C@H]1O[C@@H](n2cnc3c(Cl)nc(N)nc32)[C@H](O)[C@@H]1O. The van der Waals surface area contributed by atoms with Crippen molar-refractivity contribution < 1.29 is 34.0 Å². The molecule has 3 rings (SSSR count). The fourth-order valence-corrected chi connectivity index (χ4v) is 5.13. The van der Waals surface area contributed by atoms with Crippen LogP contribution in [0.25, 0.3) is 11.2 Å². The van der Waals surface area contributed by atoms with Crippen LogP contribution in [-0.2, 0) is 13.8 Å². The molecule has 0 aromatic carbocycles. The molecule has 0 amide bonds. The molecule has 3 unspecified atom stereocenters. The zero-order valence-electron chi connectivity index (χ0n) is 17.3. The van der Waals surface area contributed by atoms with E-state index in [-0.39, 0.29) is 41.5 Å². The summed E-state index contributed by atoms with van der Waals surface area (Å²) in [4.78, 5) is 22.1. The van der Waals surface area contributed by atoms with Gasteiger partial charge in [0.25, 0.3) is 0 Å². The van der Waals surface area contributed by atoms with Crippen molar-refractivity contribution in [3.8, 4) is 0 Å². The number of rotatable bonds is 8. The number of fused-ring (bicyclic) bond motifs is 1. The molecule has 0 aliphatic carbocycles. The molecular weight excluding hydrogens is 453 g/mol. The van der Waals surface area contributed by atoms with E-state index in [2.05, 4.69) is 15.0 Å². The van der Waals surface area contributed by atoms with Crippen molar-refractivity contribution in [1.82, 2.24) is 19.5 Å². The third-order valence-electron chi connectivity index (χ3n) is 5.48. The van der Waals surface area contributed by atoms with Crippen LogP contribution in [-0.4, -0.2) is 69.5 Å². The van der Waals surface area contributed by atoms with Crippen LogP contribution in [0.4, 0.5) is 5.95 Å². The van der Waals surface area contributed by atoms with Gasteiger partial charge in [0.05, 0.1) is 18.0 Å². The van der Waals surface area contributed by atoms with Crippen molar-refractivity contribution >= 4 is 36.3 Å². The lowest BCUT2D eigenvalue weighted by Crippen LogP contribution is -2.39. The van der Waals surface area contributed by atoms with E-state index < -0.39 is 43.6 Å². The predicted octanol–water partition coefficient (Wildman–Crippen LogP) is 1.17. The highest BCUT2D eigenvalue weighted by Crippen LogP contribution is 2.53. The highest BCUT2D eigenvalue weighted by molar-refractivity contribution is 7.53. The second-order valence-corrected chi connectivity index (χ2v) is 10.1. The van der Waals surface area contributed by atoms with Gasteiger partial charge < -0.3 is 35.2 Å². The minimum Gasteiger partial charge on any atom is -0.388 e. The van der Waals surface area contributed by atoms with Gasteiger partial charge in [-0.15, -0.1) is 0 Å². The number of nitrogen functional groups attached to an aromatic ring is 1. The molecule has 1 aliphatic rings. The van der Waals surface area contributed by atoms with Gasteiger partial charge in [-0.3, -0.25) is 9.13 Å². The van der Waals surface area contributed by atoms with Gasteiger partial charge in [0.2, 0.25) is 5.95 Å². The maximum absolute atomic E-state index is 12.4. The lowest BCUT2D eigenvalue weighted by atomic mass is 9.93. The summed E-state index contributed by atoms with van der Waals surface area (Å²) >= 11 is 6.03. The van der Waals surface area contributed by atoms with Crippen molar-refractivity contribution in [3.05, 3.63) is 11.5 Å². The van der Waals surface area contributed by atoms with Crippen LogP contribution < -0.4 is 5.73 Å². The van der Waals surface area contributed by atoms with Gasteiger partial charge in [-0.05, 0) is 19.8 Å². The zero-order chi connectivity index (χ0) is 23.1. The van der Waals surface area contributed by atoms with Gasteiger partial charge in [0.15, 0.2) is 22.9 Å². The summed E-state index contributed by atoms with van der Waals surface area (Å²) in [5, 5.41) is 31.0. The van der Waals surface area contributed by atoms with Crippen molar-refractivity contribution in [2.45, 2.75) is 76.0 Å². The van der Waals surface area contributed by atoms with Gasteiger partial charge in [-0.2, -0.15) is 9.97 Å². The number of ether oxygens (including phenoxy) is 1. The Morgan fingerprint density at radius 3 is 2.68 bits per heavy atom. The summed E-state index contributed by atoms with van der Waals surface area (Å²) in [6, 6.07) is 0. The quantitative estimate of drug-likeness (QED) is 0.270. The Morgan fingerprint density at radius 1 is 1.39 bits per heavy atom. The van der Waals surface area contributed by atoms with Crippen LogP contribution in [0.3, 0.4) is 0 Å². The predicted molar refractivity (Wildman–Crippen MR) is 111 cm³/mol. The first-order valence-corrected chi connectivity index (χ1v) is 11.8. The van der Waals surface area contributed by atoms with Crippen molar-refractivity contribution in [2.75, 3.05) is 5.73 Å². The molecule has 0 spiro atoms. The number of anilines is 1. The molecule has 14 heteroatoms. The van der Waals surface area contributed by atoms with Crippen LogP contribution >= 0.6 is 19.2 Å². The Morgan fingerprint density at radius 2 is 2.06 bits per heavy atom. The Labute approximate surface area is 183 Å². The van der Waals surface area contributed by atoms with Crippen LogP contribution in [0.15, 0.2) is 6.33 Å². The smallest absolute Gasteiger partial charge is 0.356 e. The lowest BCUT2D eigenvalue weighted by molar-refractivity contribution is -0.0667. The van der Waals surface area contributed by atoms with E-state index in [1.807, 2.05) is 0 Å². The molecule has 174 valence electrons. The van der Waals surface area contributed by atoms with Gasteiger partial charge in [0, 0.05) is 6.42 Å². The van der Waals surface area contributed by atoms with E-state index in [1.54, 1.807) is 20.8 Å². The standard InChI is InChI=1S/C17H27ClN5O7P/c1-4-9(24)31(27,28)30-17(3,5-2)6-8-11(25)12(26)15(29-8)23-7-20-10-13(18)21-16(19)22-14(10)23/h7-9,11-12,15,24-26H,4-6H2,1-3H3,(H,27,28)(H2,19,21,22)/t8-,9?,11-,12-,15-,17?/m1/s1. The van der Waals surface area contributed by atoms with Crippen LogP contribution in [0.2, 0.25) is 5.15 Å². The Hall–Kier alpha value is -1.37. The number of nitrogens with two attached hydrogens (primary N) is 1. The molecule has 0 saturated carbocycles. The Bertz CT molecular complexity index is 993. The molecule has 12 nitrogen and oxygen atoms in total. The summed E-state index contributed by atoms with van der Waals surface area (Å²) in [6.45, 7) is 4.87. The van der Waals surface area contributed by atoms with E-state index in [1.165, 1.54) is 10.9 Å². The van der Waals surface area contributed by atoms with Crippen LogP contribution in [0.5, 0.6) is 0 Å². The molecule has 7 atom stereocenters. The highest BCUT2D eigenvalue weighted by atomic mass is 35.5. The fourth-order valence-electron chi connectivity index (χ4n) is 3.49. The number of imidazole rings is 1. The number of aromatic nitrogens is 4. The third kappa shape index (κ3) is 4.71. The first-order chi connectivity index (χ1) is 14.4. The number of hydrogen-bond donors (Lipinski definition) is 5. The topological polar surface area (TPSA) is 186 Å². The second-order valence-electron chi connectivity index (χ2n) is 7.79. The molecule has 1 aliphatic heterocycles. The summed E-state index contributed by atoms with van der Waals surface area (Å²) in [7, 11) is -4.33. The first-order valence-electron chi connectivity index (χ1n) is 9.81. The largest absolute Gasteiger partial charge is 0.388 e. The van der Waals surface area contributed by atoms with E-state index >= 15 is 0 Å². The zero-order valence-corrected chi connectivity index (χ0v) is 18.9. The lowest BCUT2D eigenvalue weighted by Gasteiger charge is -2.34. The van der Waals surface area contributed by atoms with Crippen molar-refractivity contribution in [3.63, 3.8) is 0 Å². The molecule has 0 radical (unpaired) electrons. The molecule has 6 N–H and O–H groups in total.